The van der Waals surface area contributed by atoms with Crippen LogP contribution in [0, 0.1) is 5.82 Å². The van der Waals surface area contributed by atoms with Gasteiger partial charge in [-0.1, -0.05) is 36.4 Å². The van der Waals surface area contributed by atoms with Gasteiger partial charge in [0.25, 0.3) is 0 Å². The summed E-state index contributed by atoms with van der Waals surface area (Å²) in [5.41, 5.74) is 2.76. The lowest BCUT2D eigenvalue weighted by molar-refractivity contribution is 0.626. The fourth-order valence-corrected chi connectivity index (χ4v) is 5.23. The van der Waals surface area contributed by atoms with Crippen LogP contribution in [0.3, 0.4) is 0 Å². The highest BCUT2D eigenvalue weighted by atomic mass is 32.2. The first-order valence-electron chi connectivity index (χ1n) is 6.98. The Morgan fingerprint density at radius 3 is 1.76 bits per heavy atom. The molecule has 0 fully saturated rings. The number of hydrogen-bond acceptors (Lipinski definition) is 0. The lowest BCUT2D eigenvalue weighted by atomic mass is 10.0. The molecule has 102 valence electrons. The summed E-state index contributed by atoms with van der Waals surface area (Å²) in [7, 11) is -0.133. The molecule has 2 heteroatoms. The second kappa shape index (κ2) is 5.05. The molecule has 1 aliphatic heterocycles. The van der Waals surface area contributed by atoms with Crippen molar-refractivity contribution in [3.63, 3.8) is 0 Å². The topological polar surface area (TPSA) is 0 Å². The molecule has 0 aliphatic carbocycles. The molecule has 0 nitrogen and oxygen atoms in total. The van der Waals surface area contributed by atoms with Crippen LogP contribution in [0.15, 0.2) is 87.5 Å². The van der Waals surface area contributed by atoms with E-state index in [-0.39, 0.29) is 16.7 Å². The number of benzene rings is 3. The number of hydrogen-bond donors (Lipinski definition) is 0. The molecular weight excluding hydrogens is 279 g/mol. The largest absolute Gasteiger partial charge is 0.207 e. The Kier molecular flexibility index (Phi) is 3.04. The third kappa shape index (κ3) is 2.16. The molecule has 0 saturated carbocycles. The van der Waals surface area contributed by atoms with E-state index in [0.717, 1.165) is 6.42 Å². The van der Waals surface area contributed by atoms with Crippen molar-refractivity contribution in [2.75, 3.05) is 0 Å². The summed E-state index contributed by atoms with van der Waals surface area (Å²) in [4.78, 5) is 3.90. The number of rotatable bonds is 1. The molecule has 0 saturated heterocycles. The molecule has 0 aromatic heterocycles. The summed E-state index contributed by atoms with van der Waals surface area (Å²) in [6.45, 7) is 0. The Balaban J connectivity index is 1.95. The Bertz CT molecular complexity index is 747. The van der Waals surface area contributed by atoms with E-state index in [1.54, 1.807) is 12.1 Å². The van der Waals surface area contributed by atoms with Gasteiger partial charge < -0.3 is 0 Å². The summed E-state index contributed by atoms with van der Waals surface area (Å²) in [5, 5.41) is 0. The summed E-state index contributed by atoms with van der Waals surface area (Å²) in [5.74, 6) is -0.180. The first-order valence-corrected chi connectivity index (χ1v) is 8.21. The van der Waals surface area contributed by atoms with Crippen molar-refractivity contribution in [3.05, 3.63) is 89.7 Å². The summed E-state index contributed by atoms with van der Waals surface area (Å²) >= 11 is 0. The van der Waals surface area contributed by atoms with E-state index >= 15 is 0 Å². The van der Waals surface area contributed by atoms with Gasteiger partial charge in [-0.15, -0.1) is 0 Å². The van der Waals surface area contributed by atoms with E-state index in [2.05, 4.69) is 48.5 Å². The molecule has 3 aromatic rings. The fourth-order valence-electron chi connectivity index (χ4n) is 2.85. The molecule has 4 rings (SSSR count). The number of fused-ring (bicyclic) bond motifs is 2. The molecule has 0 unspecified atom stereocenters. The predicted octanol–water partition coefficient (Wildman–Crippen LogP) is 4.83. The highest BCUT2D eigenvalue weighted by molar-refractivity contribution is 7.97. The van der Waals surface area contributed by atoms with Crippen molar-refractivity contribution < 1.29 is 4.39 Å². The van der Waals surface area contributed by atoms with Gasteiger partial charge >= 0.3 is 0 Å². The van der Waals surface area contributed by atoms with Crippen molar-refractivity contribution in [1.29, 1.82) is 0 Å². The van der Waals surface area contributed by atoms with E-state index in [1.165, 1.54) is 25.8 Å². The second-order valence-electron chi connectivity index (χ2n) is 5.15. The van der Waals surface area contributed by atoms with Crippen LogP contribution >= 0.6 is 0 Å². The van der Waals surface area contributed by atoms with Crippen LogP contribution in [0.1, 0.15) is 11.1 Å². The molecule has 0 N–H and O–H groups in total. The van der Waals surface area contributed by atoms with Crippen molar-refractivity contribution in [1.82, 2.24) is 0 Å². The van der Waals surface area contributed by atoms with E-state index in [0.29, 0.717) is 0 Å². The van der Waals surface area contributed by atoms with Gasteiger partial charge in [-0.3, -0.25) is 0 Å². The van der Waals surface area contributed by atoms with Crippen LogP contribution in [0.5, 0.6) is 0 Å². The van der Waals surface area contributed by atoms with Crippen molar-refractivity contribution in [2.45, 2.75) is 21.1 Å². The maximum Gasteiger partial charge on any atom is 0.170 e. The van der Waals surface area contributed by atoms with Gasteiger partial charge in [0.15, 0.2) is 14.7 Å². The van der Waals surface area contributed by atoms with Gasteiger partial charge in [-0.2, -0.15) is 0 Å². The van der Waals surface area contributed by atoms with Crippen molar-refractivity contribution in [3.8, 4) is 0 Å². The van der Waals surface area contributed by atoms with Crippen LogP contribution in [0.2, 0.25) is 0 Å². The van der Waals surface area contributed by atoms with E-state index in [9.17, 15) is 4.39 Å². The monoisotopic (exact) mass is 293 g/mol. The molecule has 3 aromatic carbocycles. The minimum absolute atomic E-state index is 0.133. The van der Waals surface area contributed by atoms with Gasteiger partial charge in [0.1, 0.15) is 5.82 Å². The molecule has 0 radical (unpaired) electrons. The van der Waals surface area contributed by atoms with Gasteiger partial charge in [-0.05, 0) is 36.4 Å². The Morgan fingerprint density at radius 1 is 0.667 bits per heavy atom. The Hall–Kier alpha value is -2.06. The zero-order valence-corrected chi connectivity index (χ0v) is 12.2. The van der Waals surface area contributed by atoms with Crippen LogP contribution in [-0.4, -0.2) is 0 Å². The highest BCUT2D eigenvalue weighted by Crippen LogP contribution is 2.40. The molecule has 0 amide bonds. The van der Waals surface area contributed by atoms with E-state index < -0.39 is 0 Å². The molecule has 21 heavy (non-hydrogen) atoms. The molecule has 1 heterocycles. The minimum atomic E-state index is -0.180. The third-order valence-corrected chi connectivity index (χ3v) is 6.24. The minimum Gasteiger partial charge on any atom is -0.207 e. The summed E-state index contributed by atoms with van der Waals surface area (Å²) in [6, 6.07) is 24.1. The highest BCUT2D eigenvalue weighted by Gasteiger charge is 2.36. The Morgan fingerprint density at radius 2 is 1.19 bits per heavy atom. The molecule has 0 atom stereocenters. The quantitative estimate of drug-likeness (QED) is 0.441. The Labute approximate surface area is 126 Å². The molecular formula is C19H14FS+. The average Bonchev–Trinajstić information content (AvgIpc) is 2.53. The second-order valence-corrected chi connectivity index (χ2v) is 7.12. The van der Waals surface area contributed by atoms with E-state index in [4.69, 9.17) is 0 Å². The van der Waals surface area contributed by atoms with Crippen LogP contribution in [0.25, 0.3) is 0 Å². The maximum atomic E-state index is 13.2. The summed E-state index contributed by atoms with van der Waals surface area (Å²) < 4.78 is 13.2. The van der Waals surface area contributed by atoms with Gasteiger partial charge in [0.05, 0.1) is 10.9 Å². The van der Waals surface area contributed by atoms with E-state index in [1.807, 2.05) is 12.1 Å². The number of halogens is 1. The third-order valence-electron chi connectivity index (χ3n) is 3.82. The lowest BCUT2D eigenvalue weighted by Gasteiger charge is -2.19. The van der Waals surface area contributed by atoms with Crippen LogP contribution in [0.4, 0.5) is 4.39 Å². The van der Waals surface area contributed by atoms with Gasteiger partial charge in [-0.25, -0.2) is 4.39 Å². The molecule has 0 bridgehead atoms. The van der Waals surface area contributed by atoms with Crippen molar-refractivity contribution >= 4 is 10.9 Å². The zero-order chi connectivity index (χ0) is 14.2. The predicted molar refractivity (Wildman–Crippen MR) is 84.3 cm³/mol. The lowest BCUT2D eigenvalue weighted by Crippen LogP contribution is -2.15. The van der Waals surface area contributed by atoms with Gasteiger partial charge in [0.2, 0.25) is 0 Å². The standard InChI is InChI=1S/C19H14FS/c20-16-9-11-17(12-10-16)21-18-7-3-1-5-14(18)13-15-6-2-4-8-19(15)21/h1-12H,13H2/q+1. The van der Waals surface area contributed by atoms with Crippen molar-refractivity contribution in [2.24, 2.45) is 0 Å². The maximum absolute atomic E-state index is 13.2. The zero-order valence-electron chi connectivity index (χ0n) is 11.4. The first-order chi connectivity index (χ1) is 10.3. The average molecular weight is 293 g/mol. The SMILES string of the molecule is Fc1ccc([S+]2c3ccccc3Cc3ccccc32)cc1. The first kappa shape index (κ1) is 12.7. The van der Waals surface area contributed by atoms with Gasteiger partial charge in [0, 0.05) is 17.5 Å². The van der Waals surface area contributed by atoms with Crippen LogP contribution < -0.4 is 0 Å². The summed E-state index contributed by atoms with van der Waals surface area (Å²) in [6.07, 6.45) is 0.983. The fraction of sp³-hybridized carbons (Fsp3) is 0.0526. The smallest absolute Gasteiger partial charge is 0.170 e. The normalized spacial score (nSPS) is 13.6. The molecule has 1 aliphatic rings. The molecule has 0 spiro atoms. The van der Waals surface area contributed by atoms with Crippen LogP contribution in [-0.2, 0) is 17.3 Å².